The van der Waals surface area contributed by atoms with E-state index in [4.69, 9.17) is 0 Å². The third-order valence-corrected chi connectivity index (χ3v) is 2.93. The predicted molar refractivity (Wildman–Crippen MR) is 86.0 cm³/mol. The van der Waals surface area contributed by atoms with E-state index in [1.165, 1.54) is 0 Å². The Balaban J connectivity index is 0.00000191. The highest BCUT2D eigenvalue weighted by Crippen LogP contribution is 2.21. The van der Waals surface area contributed by atoms with Gasteiger partial charge in [-0.2, -0.15) is 0 Å². The second-order valence-electron chi connectivity index (χ2n) is 5.72. The number of Topliss-reactive ketones (excluding diaryl/α,β-unsaturated/α-hetero) is 1. The van der Waals surface area contributed by atoms with Crippen molar-refractivity contribution in [1.82, 2.24) is 10.3 Å². The number of amides is 1. The lowest BCUT2D eigenvalue weighted by Gasteiger charge is -2.30. The van der Waals surface area contributed by atoms with E-state index in [-0.39, 0.29) is 23.5 Å². The number of carbonyl (C=O) groups excluding carboxylic acids is 2. The first kappa shape index (κ1) is 19.3. The minimum atomic E-state index is -0.443. The number of rotatable bonds is 5. The molecule has 0 aliphatic heterocycles. The normalized spacial score (nSPS) is 11.9. The summed E-state index contributed by atoms with van der Waals surface area (Å²) in [6.07, 6.45) is 4.00. The fourth-order valence-corrected chi connectivity index (χ4v) is 1.88. The molecule has 1 N–H and O–H groups in total. The smallest absolute Gasteiger partial charge is 0.225 e. The number of nitrogens with one attached hydrogen (secondary N) is 1. The molecule has 1 heterocycles. The van der Waals surface area contributed by atoms with E-state index in [1.54, 1.807) is 18.5 Å². The van der Waals surface area contributed by atoms with Gasteiger partial charge in [-0.25, -0.2) is 0 Å². The first-order chi connectivity index (χ1) is 9.84. The summed E-state index contributed by atoms with van der Waals surface area (Å²) in [5, 5.41) is 2.84. The molecule has 0 radical (unpaired) electrons. The molecule has 0 saturated carbocycles. The van der Waals surface area contributed by atoms with Gasteiger partial charge in [0.15, 0.2) is 5.78 Å². The highest BCUT2D eigenvalue weighted by Gasteiger charge is 2.31. The van der Waals surface area contributed by atoms with Crippen LogP contribution in [0.3, 0.4) is 0 Å². The maximum Gasteiger partial charge on any atom is 0.225 e. The van der Waals surface area contributed by atoms with Crippen LogP contribution in [0.5, 0.6) is 0 Å². The minimum Gasteiger partial charge on any atom is -0.345 e. The molecule has 1 unspecified atom stereocenters. The molecule has 4 heteroatoms. The molecule has 0 bridgehead atoms. The Bertz CT molecular complexity index is 436. The molecule has 1 amide bonds. The van der Waals surface area contributed by atoms with Gasteiger partial charge in [0.05, 0.1) is 12.5 Å². The average molecular weight is 292 g/mol. The van der Waals surface area contributed by atoms with E-state index in [1.807, 2.05) is 47.6 Å². The molecular formula is C17H28N2O2. The van der Waals surface area contributed by atoms with Crippen LogP contribution in [0.1, 0.15) is 53.5 Å². The van der Waals surface area contributed by atoms with Gasteiger partial charge in [-0.1, -0.05) is 47.6 Å². The van der Waals surface area contributed by atoms with Crippen molar-refractivity contribution in [2.75, 3.05) is 0 Å². The molecule has 0 aromatic carbocycles. The Hall–Kier alpha value is -1.71. The molecule has 0 saturated heterocycles. The van der Waals surface area contributed by atoms with Gasteiger partial charge in [0, 0.05) is 18.8 Å². The zero-order chi connectivity index (χ0) is 16.5. The molecular weight excluding hydrogens is 264 g/mol. The number of pyridine rings is 1. The van der Waals surface area contributed by atoms with E-state index in [0.29, 0.717) is 6.42 Å². The van der Waals surface area contributed by atoms with E-state index < -0.39 is 6.04 Å². The topological polar surface area (TPSA) is 59.1 Å². The number of carbonyl (C=O) groups is 2. The summed E-state index contributed by atoms with van der Waals surface area (Å²) < 4.78 is 0. The van der Waals surface area contributed by atoms with Crippen LogP contribution < -0.4 is 5.32 Å². The fraction of sp³-hybridized carbons (Fsp3) is 0.588. The molecule has 1 aromatic rings. The maximum absolute atomic E-state index is 12.0. The summed E-state index contributed by atoms with van der Waals surface area (Å²) in [6.45, 7) is 11.7. The number of hydrogen-bond acceptors (Lipinski definition) is 3. The van der Waals surface area contributed by atoms with Crippen LogP contribution in [0, 0.1) is 5.41 Å². The molecule has 1 atom stereocenters. The van der Waals surface area contributed by atoms with Gasteiger partial charge in [0.1, 0.15) is 0 Å². The number of ketones is 1. The molecule has 118 valence electrons. The van der Waals surface area contributed by atoms with Crippen LogP contribution in [-0.4, -0.2) is 22.7 Å². The zero-order valence-electron chi connectivity index (χ0n) is 14.1. The summed E-state index contributed by atoms with van der Waals surface area (Å²) in [5.41, 5.74) is 0.564. The molecule has 4 nitrogen and oxygen atoms in total. The Morgan fingerprint density at radius 2 is 1.90 bits per heavy atom. The van der Waals surface area contributed by atoms with Crippen LogP contribution in [0.4, 0.5) is 0 Å². The van der Waals surface area contributed by atoms with Crippen LogP contribution >= 0.6 is 0 Å². The molecule has 0 aliphatic rings. The summed E-state index contributed by atoms with van der Waals surface area (Å²) in [4.78, 5) is 27.9. The lowest BCUT2D eigenvalue weighted by Crippen LogP contribution is -2.49. The third-order valence-electron chi connectivity index (χ3n) is 2.93. The summed E-state index contributed by atoms with van der Waals surface area (Å²) in [6, 6.07) is 3.20. The molecule has 21 heavy (non-hydrogen) atoms. The van der Waals surface area contributed by atoms with Crippen molar-refractivity contribution in [2.45, 2.75) is 60.4 Å². The van der Waals surface area contributed by atoms with Crippen molar-refractivity contribution >= 4 is 11.7 Å². The van der Waals surface area contributed by atoms with E-state index in [2.05, 4.69) is 10.3 Å². The van der Waals surface area contributed by atoms with Crippen LogP contribution in [0.2, 0.25) is 0 Å². The Kier molecular flexibility index (Phi) is 8.51. The highest BCUT2D eigenvalue weighted by molar-refractivity contribution is 5.90. The monoisotopic (exact) mass is 292 g/mol. The van der Waals surface area contributed by atoms with E-state index in [9.17, 15) is 9.59 Å². The van der Waals surface area contributed by atoms with Crippen LogP contribution in [0.15, 0.2) is 24.5 Å². The van der Waals surface area contributed by atoms with Crippen LogP contribution in [-0.2, 0) is 16.0 Å². The van der Waals surface area contributed by atoms with Crippen molar-refractivity contribution in [3.63, 3.8) is 0 Å². The van der Waals surface area contributed by atoms with Crippen molar-refractivity contribution in [2.24, 2.45) is 5.41 Å². The van der Waals surface area contributed by atoms with Gasteiger partial charge in [0.25, 0.3) is 0 Å². The SMILES string of the molecule is CC.CCC(=O)C(NC(=O)Cc1cccnc1)C(C)(C)C. The summed E-state index contributed by atoms with van der Waals surface area (Å²) in [5.74, 6) is -0.0817. The Morgan fingerprint density at radius 3 is 2.33 bits per heavy atom. The first-order valence-corrected chi connectivity index (χ1v) is 7.55. The van der Waals surface area contributed by atoms with Gasteiger partial charge in [-0.15, -0.1) is 0 Å². The van der Waals surface area contributed by atoms with Crippen molar-refractivity contribution in [1.29, 1.82) is 0 Å². The zero-order valence-corrected chi connectivity index (χ0v) is 14.1. The second-order valence-corrected chi connectivity index (χ2v) is 5.72. The number of hydrogen-bond donors (Lipinski definition) is 1. The van der Waals surface area contributed by atoms with Gasteiger partial charge in [-0.05, 0) is 17.0 Å². The maximum atomic E-state index is 12.0. The minimum absolute atomic E-state index is 0.0621. The fourth-order valence-electron chi connectivity index (χ4n) is 1.88. The predicted octanol–water partition coefficient (Wildman–Crippen LogP) is 3.16. The molecule has 0 fully saturated rings. The Morgan fingerprint density at radius 1 is 1.29 bits per heavy atom. The van der Waals surface area contributed by atoms with Crippen LogP contribution in [0.25, 0.3) is 0 Å². The molecule has 0 aliphatic carbocycles. The number of aromatic nitrogens is 1. The van der Waals surface area contributed by atoms with Crippen molar-refractivity contribution in [3.8, 4) is 0 Å². The second kappa shape index (κ2) is 9.27. The van der Waals surface area contributed by atoms with Crippen molar-refractivity contribution in [3.05, 3.63) is 30.1 Å². The molecule has 1 aromatic heterocycles. The molecule has 0 spiro atoms. The lowest BCUT2D eigenvalue weighted by molar-refractivity contribution is -0.129. The van der Waals surface area contributed by atoms with E-state index >= 15 is 0 Å². The quantitative estimate of drug-likeness (QED) is 0.907. The third kappa shape index (κ3) is 7.02. The standard InChI is InChI=1S/C15H22N2O2.C2H6/c1-5-12(18)14(15(2,3)4)17-13(19)9-11-7-6-8-16-10-11;1-2/h6-8,10,14H,5,9H2,1-4H3,(H,17,19);1-2H3. The molecule has 1 rings (SSSR count). The van der Waals surface area contributed by atoms with Gasteiger partial charge >= 0.3 is 0 Å². The van der Waals surface area contributed by atoms with E-state index in [0.717, 1.165) is 5.56 Å². The van der Waals surface area contributed by atoms with Gasteiger partial charge in [0.2, 0.25) is 5.91 Å². The Labute approximate surface area is 128 Å². The average Bonchev–Trinajstić information content (AvgIpc) is 2.46. The van der Waals surface area contributed by atoms with Gasteiger partial charge < -0.3 is 5.32 Å². The highest BCUT2D eigenvalue weighted by atomic mass is 16.2. The summed E-state index contributed by atoms with van der Waals surface area (Å²) >= 11 is 0. The largest absolute Gasteiger partial charge is 0.345 e. The van der Waals surface area contributed by atoms with Crippen molar-refractivity contribution < 1.29 is 9.59 Å². The van der Waals surface area contributed by atoms with Gasteiger partial charge in [-0.3, -0.25) is 14.6 Å². The summed E-state index contributed by atoms with van der Waals surface area (Å²) in [7, 11) is 0. The first-order valence-electron chi connectivity index (χ1n) is 7.55. The number of nitrogens with zero attached hydrogens (tertiary/aromatic N) is 1. The lowest BCUT2D eigenvalue weighted by atomic mass is 9.83.